The van der Waals surface area contributed by atoms with Crippen molar-refractivity contribution in [2.75, 3.05) is 0 Å². The second kappa shape index (κ2) is 3.71. The Labute approximate surface area is 107 Å². The van der Waals surface area contributed by atoms with Crippen LogP contribution in [-0.4, -0.2) is 0 Å². The molecular formula is C18H16. The van der Waals surface area contributed by atoms with Crippen molar-refractivity contribution in [2.45, 2.75) is 13.8 Å². The minimum absolute atomic E-state index is 1.11. The van der Waals surface area contributed by atoms with E-state index in [0.29, 0.717) is 0 Å². The molecule has 0 unspecified atom stereocenters. The van der Waals surface area contributed by atoms with E-state index in [4.69, 9.17) is 0 Å². The summed E-state index contributed by atoms with van der Waals surface area (Å²) in [5.74, 6) is 0. The molecule has 88 valence electrons. The maximum Gasteiger partial charge on any atom is -0.0102 e. The van der Waals surface area contributed by atoms with Crippen molar-refractivity contribution in [2.24, 2.45) is 0 Å². The fraction of sp³-hybridized carbons (Fsp3) is 0.111. The van der Waals surface area contributed by atoms with Crippen molar-refractivity contribution < 1.29 is 0 Å². The third-order valence-electron chi connectivity index (χ3n) is 3.86. The molecule has 0 nitrogen and oxygen atoms in total. The van der Waals surface area contributed by atoms with E-state index in [1.165, 1.54) is 32.7 Å². The van der Waals surface area contributed by atoms with E-state index < -0.39 is 0 Å². The standard InChI is InChI=1S/C18H16/c1-11-9-17-13(3)15-7-5-6-8-16(15)14(4)18(17)10-12(11)2/h5-10H,3-4H2,1-2H3. The summed E-state index contributed by atoms with van der Waals surface area (Å²) >= 11 is 0. The van der Waals surface area contributed by atoms with Gasteiger partial charge < -0.3 is 0 Å². The van der Waals surface area contributed by atoms with E-state index in [2.05, 4.69) is 63.4 Å². The highest BCUT2D eigenvalue weighted by Gasteiger charge is 2.04. The van der Waals surface area contributed by atoms with E-state index in [-0.39, 0.29) is 0 Å². The predicted octanol–water partition coefficient (Wildman–Crippen LogP) is 3.43. The quantitative estimate of drug-likeness (QED) is 0.521. The maximum absolute atomic E-state index is 4.26. The minimum atomic E-state index is 1.11. The van der Waals surface area contributed by atoms with Crippen molar-refractivity contribution in [3.05, 3.63) is 58.0 Å². The summed E-state index contributed by atoms with van der Waals surface area (Å²) in [5, 5.41) is 7.08. The second-order valence-corrected chi connectivity index (χ2v) is 4.98. The van der Waals surface area contributed by atoms with Gasteiger partial charge in [-0.15, -0.1) is 0 Å². The molecule has 18 heavy (non-hydrogen) atoms. The van der Waals surface area contributed by atoms with Crippen molar-refractivity contribution in [1.29, 1.82) is 0 Å². The van der Waals surface area contributed by atoms with Gasteiger partial charge in [0.2, 0.25) is 0 Å². The van der Waals surface area contributed by atoms with Crippen LogP contribution in [0, 0.1) is 13.8 Å². The fourth-order valence-corrected chi connectivity index (χ4v) is 2.62. The Balaban J connectivity index is 2.72. The first-order valence-electron chi connectivity index (χ1n) is 6.19. The predicted molar refractivity (Wildman–Crippen MR) is 81.2 cm³/mol. The molecule has 0 aromatic heterocycles. The normalized spacial score (nSPS) is 11.2. The largest absolute Gasteiger partial charge is 0.0905 e. The molecule has 0 fully saturated rings. The molecule has 3 aromatic rings. The lowest BCUT2D eigenvalue weighted by atomic mass is 9.95. The first-order valence-corrected chi connectivity index (χ1v) is 6.19. The van der Waals surface area contributed by atoms with Crippen LogP contribution in [0.15, 0.2) is 36.4 Å². The lowest BCUT2D eigenvalue weighted by molar-refractivity contribution is 1.36. The Hall–Kier alpha value is -2.08. The average molecular weight is 232 g/mol. The zero-order valence-corrected chi connectivity index (χ0v) is 10.9. The highest BCUT2D eigenvalue weighted by atomic mass is 14.1. The summed E-state index contributed by atoms with van der Waals surface area (Å²) in [7, 11) is 0. The van der Waals surface area contributed by atoms with E-state index in [1.54, 1.807) is 0 Å². The number of benzene rings is 3. The molecule has 0 heteroatoms. The summed E-state index contributed by atoms with van der Waals surface area (Å²) in [4.78, 5) is 0. The van der Waals surface area contributed by atoms with Crippen molar-refractivity contribution >= 4 is 34.7 Å². The lowest BCUT2D eigenvalue weighted by Gasteiger charge is -2.09. The highest BCUT2D eigenvalue weighted by molar-refractivity contribution is 5.99. The van der Waals surface area contributed by atoms with Gasteiger partial charge in [-0.1, -0.05) is 49.6 Å². The zero-order valence-electron chi connectivity index (χ0n) is 10.9. The van der Waals surface area contributed by atoms with Crippen molar-refractivity contribution in [3.8, 4) is 0 Å². The Kier molecular flexibility index (Phi) is 2.27. The topological polar surface area (TPSA) is 0 Å². The first-order chi connectivity index (χ1) is 8.59. The second-order valence-electron chi connectivity index (χ2n) is 4.98. The van der Waals surface area contributed by atoms with Crippen LogP contribution in [0.5, 0.6) is 0 Å². The van der Waals surface area contributed by atoms with E-state index in [1.807, 2.05) is 0 Å². The number of hydrogen-bond acceptors (Lipinski definition) is 0. The third-order valence-corrected chi connectivity index (χ3v) is 3.86. The summed E-state index contributed by atoms with van der Waals surface area (Å²) in [6.07, 6.45) is 0. The SMILES string of the molecule is C=c1c2ccccc2c(=C)c2cc(C)c(C)cc12. The van der Waals surface area contributed by atoms with Gasteiger partial charge in [0.25, 0.3) is 0 Å². The molecule has 0 aliphatic heterocycles. The Morgan fingerprint density at radius 3 is 1.44 bits per heavy atom. The summed E-state index contributed by atoms with van der Waals surface area (Å²) in [5.41, 5.74) is 2.61. The molecule has 0 aliphatic rings. The van der Waals surface area contributed by atoms with Crippen LogP contribution in [0.2, 0.25) is 0 Å². The van der Waals surface area contributed by atoms with Crippen molar-refractivity contribution in [1.82, 2.24) is 0 Å². The molecule has 0 spiro atoms. The van der Waals surface area contributed by atoms with E-state index in [0.717, 1.165) is 10.4 Å². The van der Waals surface area contributed by atoms with Crippen LogP contribution < -0.4 is 10.4 Å². The molecule has 0 amide bonds. The molecule has 0 heterocycles. The molecule has 0 aliphatic carbocycles. The monoisotopic (exact) mass is 232 g/mol. The van der Waals surface area contributed by atoms with E-state index in [9.17, 15) is 0 Å². The van der Waals surface area contributed by atoms with Gasteiger partial charge >= 0.3 is 0 Å². The Morgan fingerprint density at radius 2 is 1.06 bits per heavy atom. The average Bonchev–Trinajstić information content (AvgIpc) is 2.38. The number of rotatable bonds is 0. The molecular weight excluding hydrogens is 216 g/mol. The molecule has 0 saturated carbocycles. The molecule has 0 N–H and O–H groups in total. The number of aryl methyl sites for hydroxylation is 2. The Bertz CT molecular complexity index is 796. The van der Waals surface area contributed by atoms with Gasteiger partial charge in [0.15, 0.2) is 0 Å². The lowest BCUT2D eigenvalue weighted by Crippen LogP contribution is -2.12. The highest BCUT2D eigenvalue weighted by Crippen LogP contribution is 2.17. The minimum Gasteiger partial charge on any atom is -0.0905 e. The third kappa shape index (κ3) is 1.39. The van der Waals surface area contributed by atoms with Crippen molar-refractivity contribution in [3.63, 3.8) is 0 Å². The fourth-order valence-electron chi connectivity index (χ4n) is 2.62. The smallest absolute Gasteiger partial charge is 0.0102 e. The molecule has 0 saturated heterocycles. The Morgan fingerprint density at radius 1 is 0.667 bits per heavy atom. The number of hydrogen-bond donors (Lipinski definition) is 0. The van der Waals surface area contributed by atoms with Gasteiger partial charge in [-0.2, -0.15) is 0 Å². The molecule has 3 rings (SSSR count). The number of fused-ring (bicyclic) bond motifs is 2. The van der Waals surface area contributed by atoms with Crippen LogP contribution in [0.3, 0.4) is 0 Å². The van der Waals surface area contributed by atoms with Gasteiger partial charge in [0.05, 0.1) is 0 Å². The first kappa shape index (κ1) is 11.0. The van der Waals surface area contributed by atoms with E-state index >= 15 is 0 Å². The van der Waals surface area contributed by atoms with Gasteiger partial charge in [0, 0.05) is 0 Å². The van der Waals surface area contributed by atoms with Gasteiger partial charge in [-0.25, -0.2) is 0 Å². The van der Waals surface area contributed by atoms with Crippen LogP contribution in [0.25, 0.3) is 34.7 Å². The summed E-state index contributed by atoms with van der Waals surface area (Å²) in [6.45, 7) is 12.8. The molecule has 0 bridgehead atoms. The van der Waals surface area contributed by atoms with Gasteiger partial charge in [0.1, 0.15) is 0 Å². The van der Waals surface area contributed by atoms with Crippen LogP contribution in [-0.2, 0) is 0 Å². The molecule has 3 aromatic carbocycles. The van der Waals surface area contributed by atoms with Gasteiger partial charge in [-0.3, -0.25) is 0 Å². The summed E-state index contributed by atoms with van der Waals surface area (Å²) < 4.78 is 0. The van der Waals surface area contributed by atoms with Gasteiger partial charge in [-0.05, 0) is 57.0 Å². The molecule has 0 atom stereocenters. The summed E-state index contributed by atoms with van der Waals surface area (Å²) in [6, 6.07) is 12.8. The maximum atomic E-state index is 4.26. The van der Waals surface area contributed by atoms with Crippen LogP contribution in [0.4, 0.5) is 0 Å². The molecule has 0 radical (unpaired) electrons. The van der Waals surface area contributed by atoms with Crippen LogP contribution in [0.1, 0.15) is 11.1 Å². The zero-order chi connectivity index (χ0) is 12.9. The van der Waals surface area contributed by atoms with Crippen LogP contribution >= 0.6 is 0 Å².